The maximum Gasteiger partial charge on any atom is 0.148 e. The first kappa shape index (κ1) is 7.29. The number of hydrogen-bond donors (Lipinski definition) is 0. The Balaban J connectivity index is 2.90. The van der Waals surface area contributed by atoms with E-state index >= 15 is 0 Å². The second-order valence-corrected chi connectivity index (χ2v) is 2.70. The first-order chi connectivity index (χ1) is 4.77. The molecule has 0 aliphatic heterocycles. The highest BCUT2D eigenvalue weighted by Gasteiger charge is 2.18. The molecule has 0 spiro atoms. The Hall–Kier alpha value is -0.820. The Labute approximate surface area is 64.7 Å². The molecule has 0 heterocycles. The molecule has 1 rings (SSSR count). The van der Waals surface area contributed by atoms with Crippen molar-refractivity contribution in [1.29, 1.82) is 0 Å². The van der Waals surface area contributed by atoms with Gasteiger partial charge >= 0.3 is 0 Å². The highest BCUT2D eigenvalue weighted by Crippen LogP contribution is 2.17. The molecule has 0 aromatic heterocycles. The molecule has 0 amide bonds. The van der Waals surface area contributed by atoms with Crippen LogP contribution in [0.25, 0.3) is 0 Å². The second-order valence-electron chi connectivity index (χ2n) is 2.05. The van der Waals surface area contributed by atoms with Crippen LogP contribution in [0.2, 0.25) is 0 Å². The Kier molecular flexibility index (Phi) is 2.07. The average Bonchev–Trinajstić information content (AvgIpc) is 2.15. The zero-order valence-corrected chi connectivity index (χ0v) is 6.08. The third-order valence-corrected chi connectivity index (χ3v) is 1.56. The van der Waals surface area contributed by atoms with E-state index in [4.69, 9.17) is 11.6 Å². The summed E-state index contributed by atoms with van der Waals surface area (Å²) in [7, 11) is 0. The number of rotatable bonds is 1. The summed E-state index contributed by atoms with van der Waals surface area (Å²) >= 11 is 5.78. The minimum atomic E-state index is -0.927. The molecule has 0 aromatic carbocycles. The van der Waals surface area contributed by atoms with Crippen LogP contribution in [0.5, 0.6) is 0 Å². The van der Waals surface area contributed by atoms with E-state index in [0.717, 1.165) is 0 Å². The number of carbonyl (C=O) groups excluding carboxylic acids is 1. The van der Waals surface area contributed by atoms with E-state index in [0.29, 0.717) is 6.29 Å². The molecular formula is C8H7ClO. The number of allylic oxidation sites excluding steroid dienone is 6. The maximum absolute atomic E-state index is 10.4. The lowest BCUT2D eigenvalue weighted by molar-refractivity contribution is -0.108. The van der Waals surface area contributed by atoms with Crippen molar-refractivity contribution in [3.05, 3.63) is 36.5 Å². The first-order valence-corrected chi connectivity index (χ1v) is 3.34. The Morgan fingerprint density at radius 2 is 1.60 bits per heavy atom. The van der Waals surface area contributed by atoms with Crippen LogP contribution in [0.15, 0.2) is 36.5 Å². The van der Waals surface area contributed by atoms with Gasteiger partial charge in [-0.25, -0.2) is 0 Å². The molecule has 1 nitrogen and oxygen atoms in total. The summed E-state index contributed by atoms with van der Waals surface area (Å²) in [5.74, 6) is 0. The highest BCUT2D eigenvalue weighted by atomic mass is 35.5. The van der Waals surface area contributed by atoms with Crippen LogP contribution in [0, 0.1) is 0 Å². The van der Waals surface area contributed by atoms with Crippen molar-refractivity contribution in [3.63, 3.8) is 0 Å². The molecule has 1 aliphatic carbocycles. The Bertz CT molecular complexity index is 197. The number of aldehydes is 1. The van der Waals surface area contributed by atoms with Gasteiger partial charge in [-0.3, -0.25) is 0 Å². The summed E-state index contributed by atoms with van der Waals surface area (Å²) in [5, 5.41) is 0. The van der Waals surface area contributed by atoms with Crippen molar-refractivity contribution in [3.8, 4) is 0 Å². The molecule has 0 bridgehead atoms. The third kappa shape index (κ3) is 1.58. The van der Waals surface area contributed by atoms with Crippen LogP contribution < -0.4 is 0 Å². The lowest BCUT2D eigenvalue weighted by atomic mass is 10.1. The van der Waals surface area contributed by atoms with Gasteiger partial charge in [-0.15, -0.1) is 11.6 Å². The molecule has 0 saturated heterocycles. The molecule has 52 valence electrons. The monoisotopic (exact) mass is 154 g/mol. The van der Waals surface area contributed by atoms with Crippen LogP contribution in [-0.4, -0.2) is 11.2 Å². The van der Waals surface area contributed by atoms with Gasteiger partial charge in [0.15, 0.2) is 0 Å². The van der Waals surface area contributed by atoms with E-state index in [1.54, 1.807) is 24.3 Å². The first-order valence-electron chi connectivity index (χ1n) is 2.96. The van der Waals surface area contributed by atoms with Gasteiger partial charge in [-0.2, -0.15) is 0 Å². The second kappa shape index (κ2) is 2.84. The molecule has 0 atom stereocenters. The van der Waals surface area contributed by atoms with Gasteiger partial charge < -0.3 is 4.79 Å². The molecule has 0 unspecified atom stereocenters. The van der Waals surface area contributed by atoms with E-state index in [1.807, 2.05) is 12.2 Å². The third-order valence-electron chi connectivity index (χ3n) is 1.22. The standard InChI is InChI=1S/C8H7ClO/c9-8(7-10)5-3-1-2-4-6-8/h1-7H. The van der Waals surface area contributed by atoms with Gasteiger partial charge in [0.25, 0.3) is 0 Å². The Morgan fingerprint density at radius 1 is 1.10 bits per heavy atom. The van der Waals surface area contributed by atoms with Crippen LogP contribution in [0.4, 0.5) is 0 Å². The van der Waals surface area contributed by atoms with Crippen molar-refractivity contribution in [2.45, 2.75) is 4.87 Å². The van der Waals surface area contributed by atoms with E-state index in [1.165, 1.54) is 0 Å². The van der Waals surface area contributed by atoms with E-state index in [-0.39, 0.29) is 0 Å². The van der Waals surface area contributed by atoms with Crippen molar-refractivity contribution in [2.24, 2.45) is 0 Å². The lowest BCUT2D eigenvalue weighted by Crippen LogP contribution is -2.15. The van der Waals surface area contributed by atoms with E-state index in [2.05, 4.69) is 0 Å². The predicted molar refractivity (Wildman–Crippen MR) is 42.1 cm³/mol. The molecule has 0 saturated carbocycles. The highest BCUT2D eigenvalue weighted by molar-refractivity contribution is 6.34. The number of alkyl halides is 1. The molecule has 2 heteroatoms. The fraction of sp³-hybridized carbons (Fsp3) is 0.125. The summed E-state index contributed by atoms with van der Waals surface area (Å²) < 4.78 is 0. The minimum absolute atomic E-state index is 0.703. The number of hydrogen-bond acceptors (Lipinski definition) is 1. The zero-order valence-electron chi connectivity index (χ0n) is 5.33. The summed E-state index contributed by atoms with van der Waals surface area (Å²) in [6, 6.07) is 0. The van der Waals surface area contributed by atoms with Crippen LogP contribution >= 0.6 is 11.6 Å². The fourth-order valence-electron chi connectivity index (χ4n) is 0.668. The quantitative estimate of drug-likeness (QED) is 0.416. The Morgan fingerprint density at radius 3 is 2.00 bits per heavy atom. The van der Waals surface area contributed by atoms with Crippen LogP contribution in [0.3, 0.4) is 0 Å². The topological polar surface area (TPSA) is 17.1 Å². The van der Waals surface area contributed by atoms with Gasteiger partial charge in [-0.1, -0.05) is 36.5 Å². The maximum atomic E-state index is 10.4. The SMILES string of the molecule is O=CC1(Cl)C=CC=CC=C1. The normalized spacial score (nSPS) is 20.5. The summed E-state index contributed by atoms with van der Waals surface area (Å²) in [6.07, 6.45) is 11.1. The minimum Gasteiger partial charge on any atom is -0.301 e. The molecule has 0 fully saturated rings. The van der Waals surface area contributed by atoms with E-state index in [9.17, 15) is 4.79 Å². The number of carbonyl (C=O) groups is 1. The molecule has 0 aromatic rings. The van der Waals surface area contributed by atoms with Gasteiger partial charge in [0, 0.05) is 0 Å². The van der Waals surface area contributed by atoms with Crippen molar-refractivity contribution >= 4 is 17.9 Å². The van der Waals surface area contributed by atoms with Gasteiger partial charge in [0.1, 0.15) is 11.2 Å². The van der Waals surface area contributed by atoms with Crippen LogP contribution in [0.1, 0.15) is 0 Å². The molecular weight excluding hydrogens is 148 g/mol. The molecule has 1 aliphatic rings. The summed E-state index contributed by atoms with van der Waals surface area (Å²) in [6.45, 7) is 0. The lowest BCUT2D eigenvalue weighted by Gasteiger charge is -2.06. The van der Waals surface area contributed by atoms with E-state index < -0.39 is 4.87 Å². The fourth-order valence-corrected chi connectivity index (χ4v) is 0.814. The van der Waals surface area contributed by atoms with Gasteiger partial charge in [0.2, 0.25) is 0 Å². The largest absolute Gasteiger partial charge is 0.301 e. The smallest absolute Gasteiger partial charge is 0.148 e. The van der Waals surface area contributed by atoms with Gasteiger partial charge in [0.05, 0.1) is 0 Å². The zero-order chi connectivity index (χ0) is 7.45. The molecule has 0 N–H and O–H groups in total. The summed E-state index contributed by atoms with van der Waals surface area (Å²) in [4.78, 5) is 9.45. The average molecular weight is 155 g/mol. The molecule has 0 radical (unpaired) electrons. The number of halogens is 1. The summed E-state index contributed by atoms with van der Waals surface area (Å²) in [5.41, 5.74) is 0. The van der Waals surface area contributed by atoms with Crippen LogP contribution in [-0.2, 0) is 4.79 Å². The predicted octanol–water partition coefficient (Wildman–Crippen LogP) is 1.85. The van der Waals surface area contributed by atoms with Gasteiger partial charge in [-0.05, 0) is 0 Å². The van der Waals surface area contributed by atoms with Crippen molar-refractivity contribution in [2.75, 3.05) is 0 Å². The molecule has 10 heavy (non-hydrogen) atoms. The van der Waals surface area contributed by atoms with Crippen molar-refractivity contribution in [1.82, 2.24) is 0 Å². The van der Waals surface area contributed by atoms with Crippen molar-refractivity contribution < 1.29 is 4.79 Å².